The molecule has 29 heavy (non-hydrogen) atoms. The molecular formula is C22H23N3O4. The highest BCUT2D eigenvalue weighted by Gasteiger charge is 2.52. The van der Waals surface area contributed by atoms with Crippen LogP contribution in [0.4, 0.5) is 5.69 Å². The molecule has 2 bridgehead atoms. The number of amides is 2. The van der Waals surface area contributed by atoms with Gasteiger partial charge in [0.1, 0.15) is 5.75 Å². The van der Waals surface area contributed by atoms with Crippen molar-refractivity contribution in [3.05, 3.63) is 66.5 Å². The maximum absolute atomic E-state index is 13.0. The standard InChI is InChI=1S/C22H23N3O4/c1-2-28-16-7-5-15(6-8-16)25-22(27)20-18-10-9-17(29-18)19(20)21(26)24-13-14-4-3-11-23-12-14/h3-12,17-20H,2,13H2,1H3,(H,24,26)(H,25,27)/t17-,18+,19-,20+/m0/s1. The third-order valence-corrected chi connectivity index (χ3v) is 5.13. The minimum Gasteiger partial charge on any atom is -0.494 e. The maximum atomic E-state index is 13.0. The van der Waals surface area contributed by atoms with E-state index in [-0.39, 0.29) is 17.9 Å². The van der Waals surface area contributed by atoms with Gasteiger partial charge in [0.15, 0.2) is 0 Å². The van der Waals surface area contributed by atoms with Crippen molar-refractivity contribution in [1.82, 2.24) is 10.3 Å². The first-order valence-electron chi connectivity index (χ1n) is 9.70. The molecule has 0 radical (unpaired) electrons. The number of aromatic nitrogens is 1. The molecular weight excluding hydrogens is 370 g/mol. The SMILES string of the molecule is CCOc1ccc(NC(=O)[C@H]2[C@@H](C(=O)NCc3cccnc3)[C@@H]3C=C[C@H]2O3)cc1. The molecule has 7 nitrogen and oxygen atoms in total. The number of carbonyl (C=O) groups is 2. The molecule has 1 aromatic heterocycles. The molecule has 2 aromatic rings. The van der Waals surface area contributed by atoms with E-state index in [9.17, 15) is 9.59 Å². The van der Waals surface area contributed by atoms with Gasteiger partial charge in [0.2, 0.25) is 11.8 Å². The van der Waals surface area contributed by atoms with Gasteiger partial charge in [0.05, 0.1) is 30.7 Å². The number of nitrogens with one attached hydrogen (secondary N) is 2. The largest absolute Gasteiger partial charge is 0.494 e. The predicted octanol–water partition coefficient (Wildman–Crippen LogP) is 2.30. The van der Waals surface area contributed by atoms with Crippen molar-refractivity contribution in [3.63, 3.8) is 0 Å². The molecule has 4 atom stereocenters. The van der Waals surface area contributed by atoms with Gasteiger partial charge in [-0.25, -0.2) is 0 Å². The van der Waals surface area contributed by atoms with Crippen LogP contribution in [-0.4, -0.2) is 35.6 Å². The molecule has 0 aliphatic carbocycles. The molecule has 2 N–H and O–H groups in total. The van der Waals surface area contributed by atoms with Crippen LogP contribution in [0.15, 0.2) is 60.9 Å². The monoisotopic (exact) mass is 393 g/mol. The first-order valence-corrected chi connectivity index (χ1v) is 9.70. The van der Waals surface area contributed by atoms with Gasteiger partial charge in [0, 0.05) is 24.6 Å². The van der Waals surface area contributed by atoms with E-state index >= 15 is 0 Å². The molecule has 0 spiro atoms. The fourth-order valence-corrected chi connectivity index (χ4v) is 3.77. The zero-order valence-corrected chi connectivity index (χ0v) is 16.1. The summed E-state index contributed by atoms with van der Waals surface area (Å²) in [6.45, 7) is 2.85. The first-order chi connectivity index (χ1) is 14.2. The fraction of sp³-hybridized carbons (Fsp3) is 0.318. The van der Waals surface area contributed by atoms with E-state index < -0.39 is 17.9 Å². The molecule has 1 fully saturated rings. The van der Waals surface area contributed by atoms with Crippen molar-refractivity contribution < 1.29 is 19.1 Å². The van der Waals surface area contributed by atoms with Crippen molar-refractivity contribution in [2.24, 2.45) is 11.8 Å². The Morgan fingerprint density at radius 2 is 1.79 bits per heavy atom. The predicted molar refractivity (Wildman–Crippen MR) is 107 cm³/mol. The fourth-order valence-electron chi connectivity index (χ4n) is 3.77. The number of hydrogen-bond donors (Lipinski definition) is 2. The number of anilines is 1. The second-order valence-corrected chi connectivity index (χ2v) is 7.03. The Hall–Kier alpha value is -3.19. The summed E-state index contributed by atoms with van der Waals surface area (Å²) in [6, 6.07) is 10.9. The Bertz CT molecular complexity index is 898. The van der Waals surface area contributed by atoms with Gasteiger partial charge >= 0.3 is 0 Å². The van der Waals surface area contributed by atoms with Crippen LogP contribution in [0.3, 0.4) is 0 Å². The van der Waals surface area contributed by atoms with Crippen LogP contribution >= 0.6 is 0 Å². The Morgan fingerprint density at radius 3 is 2.45 bits per heavy atom. The summed E-state index contributed by atoms with van der Waals surface area (Å²) < 4.78 is 11.2. The average molecular weight is 393 g/mol. The van der Waals surface area contributed by atoms with Crippen LogP contribution < -0.4 is 15.4 Å². The Morgan fingerprint density at radius 1 is 1.07 bits per heavy atom. The first kappa shape index (κ1) is 19.1. The van der Waals surface area contributed by atoms with Crippen LogP contribution in [0.5, 0.6) is 5.75 Å². The summed E-state index contributed by atoms with van der Waals surface area (Å²) >= 11 is 0. The van der Waals surface area contributed by atoms with Gasteiger partial charge in [0.25, 0.3) is 0 Å². The lowest BCUT2D eigenvalue weighted by molar-refractivity contribution is -0.131. The van der Waals surface area contributed by atoms with Crippen molar-refractivity contribution in [2.45, 2.75) is 25.7 Å². The number of benzene rings is 1. The second-order valence-electron chi connectivity index (χ2n) is 7.03. The zero-order valence-electron chi connectivity index (χ0n) is 16.1. The Kier molecular flexibility index (Phi) is 5.57. The van der Waals surface area contributed by atoms with Crippen molar-refractivity contribution >= 4 is 17.5 Å². The number of ether oxygens (including phenoxy) is 2. The van der Waals surface area contributed by atoms with Gasteiger partial charge in [-0.2, -0.15) is 0 Å². The van der Waals surface area contributed by atoms with Crippen molar-refractivity contribution in [3.8, 4) is 5.75 Å². The molecule has 0 saturated carbocycles. The van der Waals surface area contributed by atoms with E-state index in [1.54, 1.807) is 36.7 Å². The molecule has 1 saturated heterocycles. The number of carbonyl (C=O) groups excluding carboxylic acids is 2. The number of rotatable bonds is 7. The molecule has 2 aliphatic rings. The van der Waals surface area contributed by atoms with E-state index in [1.165, 1.54) is 0 Å². The average Bonchev–Trinajstić information content (AvgIpc) is 3.36. The molecule has 4 rings (SSSR count). The van der Waals surface area contributed by atoms with E-state index in [0.29, 0.717) is 18.8 Å². The topological polar surface area (TPSA) is 89.5 Å². The zero-order chi connectivity index (χ0) is 20.2. The minimum absolute atomic E-state index is 0.197. The molecule has 3 heterocycles. The number of pyridine rings is 1. The van der Waals surface area contributed by atoms with E-state index in [4.69, 9.17) is 9.47 Å². The number of fused-ring (bicyclic) bond motifs is 2. The highest BCUT2D eigenvalue weighted by atomic mass is 16.5. The summed E-state index contributed by atoms with van der Waals surface area (Å²) in [5, 5.41) is 5.80. The van der Waals surface area contributed by atoms with Gasteiger partial charge in [-0.3, -0.25) is 14.6 Å². The van der Waals surface area contributed by atoms with Crippen LogP contribution in [0.1, 0.15) is 12.5 Å². The molecule has 7 heteroatoms. The maximum Gasteiger partial charge on any atom is 0.231 e. The van der Waals surface area contributed by atoms with Crippen LogP contribution in [-0.2, 0) is 20.9 Å². The van der Waals surface area contributed by atoms with E-state index in [1.807, 2.05) is 31.2 Å². The molecule has 2 amide bonds. The number of hydrogen-bond acceptors (Lipinski definition) is 5. The minimum atomic E-state index is -0.578. The van der Waals surface area contributed by atoms with E-state index in [0.717, 1.165) is 11.3 Å². The Balaban J connectivity index is 1.42. The summed E-state index contributed by atoms with van der Waals surface area (Å²) in [7, 11) is 0. The highest BCUT2D eigenvalue weighted by Crippen LogP contribution is 2.40. The molecule has 150 valence electrons. The Labute approximate surface area is 169 Å². The van der Waals surface area contributed by atoms with Crippen LogP contribution in [0.25, 0.3) is 0 Å². The summed E-state index contributed by atoms with van der Waals surface area (Å²) in [4.78, 5) is 29.9. The van der Waals surface area contributed by atoms with Crippen LogP contribution in [0, 0.1) is 11.8 Å². The smallest absolute Gasteiger partial charge is 0.231 e. The van der Waals surface area contributed by atoms with Crippen molar-refractivity contribution in [2.75, 3.05) is 11.9 Å². The summed E-state index contributed by atoms with van der Waals surface area (Å²) in [5.41, 5.74) is 1.55. The third-order valence-electron chi connectivity index (χ3n) is 5.13. The van der Waals surface area contributed by atoms with Gasteiger partial charge in [-0.05, 0) is 42.8 Å². The lowest BCUT2D eigenvalue weighted by atomic mass is 9.81. The van der Waals surface area contributed by atoms with Crippen LogP contribution in [0.2, 0.25) is 0 Å². The molecule has 2 aliphatic heterocycles. The molecule has 1 aromatic carbocycles. The normalized spacial score (nSPS) is 24.3. The van der Waals surface area contributed by atoms with E-state index in [2.05, 4.69) is 15.6 Å². The van der Waals surface area contributed by atoms with Gasteiger partial charge < -0.3 is 20.1 Å². The lowest BCUT2D eigenvalue weighted by Gasteiger charge is -2.23. The number of nitrogens with zero attached hydrogens (tertiary/aromatic N) is 1. The second kappa shape index (κ2) is 8.45. The van der Waals surface area contributed by atoms with Gasteiger partial charge in [-0.15, -0.1) is 0 Å². The summed E-state index contributed by atoms with van der Waals surface area (Å²) in [5.74, 6) is -0.829. The third kappa shape index (κ3) is 4.14. The molecule has 0 unspecified atom stereocenters. The quantitative estimate of drug-likeness (QED) is 0.705. The van der Waals surface area contributed by atoms with Gasteiger partial charge in [-0.1, -0.05) is 18.2 Å². The highest BCUT2D eigenvalue weighted by molar-refractivity contribution is 5.97. The summed E-state index contributed by atoms with van der Waals surface area (Å²) in [6.07, 6.45) is 6.33. The lowest BCUT2D eigenvalue weighted by Crippen LogP contribution is -2.44. The van der Waals surface area contributed by atoms with Crippen molar-refractivity contribution in [1.29, 1.82) is 0 Å².